The molecule has 1 aliphatic heterocycles. The maximum Gasteiger partial charge on any atom is 0.267 e. The average Bonchev–Trinajstić information content (AvgIpc) is 3.24. The van der Waals surface area contributed by atoms with Crippen LogP contribution in [-0.4, -0.2) is 41.2 Å². The summed E-state index contributed by atoms with van der Waals surface area (Å²) in [7, 11) is 3.22. The lowest BCUT2D eigenvalue weighted by atomic mass is 10.0. The number of carbonyl (C=O) groups is 1. The van der Waals surface area contributed by atoms with Crippen LogP contribution in [0.2, 0.25) is 0 Å². The number of aromatic nitrogens is 2. The quantitative estimate of drug-likeness (QED) is 0.866. The smallest absolute Gasteiger partial charge is 0.267 e. The van der Waals surface area contributed by atoms with Crippen LogP contribution in [0.4, 0.5) is 0 Å². The van der Waals surface area contributed by atoms with Crippen LogP contribution in [0.1, 0.15) is 34.1 Å². The highest BCUT2D eigenvalue weighted by Gasteiger charge is 2.32. The van der Waals surface area contributed by atoms with Crippen molar-refractivity contribution in [1.82, 2.24) is 14.5 Å². The topological polar surface area (TPSA) is 64.5 Å². The largest absolute Gasteiger partial charge is 0.493 e. The zero-order valence-corrected chi connectivity index (χ0v) is 13.3. The molecular weight excluding hydrogens is 302 g/mol. The minimum absolute atomic E-state index is 0.00714. The van der Waals surface area contributed by atoms with Crippen LogP contribution >= 0.6 is 11.5 Å². The molecule has 116 valence electrons. The molecule has 7 heteroatoms. The summed E-state index contributed by atoms with van der Waals surface area (Å²) in [6.45, 7) is 0.746. The van der Waals surface area contributed by atoms with E-state index in [0.29, 0.717) is 16.4 Å². The van der Waals surface area contributed by atoms with Crippen molar-refractivity contribution in [3.63, 3.8) is 0 Å². The first kappa shape index (κ1) is 14.8. The Morgan fingerprint density at radius 2 is 2.14 bits per heavy atom. The molecule has 3 rings (SSSR count). The van der Waals surface area contributed by atoms with E-state index in [1.54, 1.807) is 14.2 Å². The van der Waals surface area contributed by atoms with Crippen molar-refractivity contribution < 1.29 is 14.3 Å². The third-order valence-electron chi connectivity index (χ3n) is 3.88. The van der Waals surface area contributed by atoms with Crippen LogP contribution in [0.3, 0.4) is 0 Å². The molecule has 1 fully saturated rings. The molecule has 1 amide bonds. The first-order valence-electron chi connectivity index (χ1n) is 7.05. The molecule has 1 atom stereocenters. The molecule has 0 radical (unpaired) electrons. The molecule has 0 saturated carbocycles. The van der Waals surface area contributed by atoms with Gasteiger partial charge < -0.3 is 14.4 Å². The van der Waals surface area contributed by atoms with Gasteiger partial charge in [-0.3, -0.25) is 4.79 Å². The van der Waals surface area contributed by atoms with E-state index < -0.39 is 0 Å². The summed E-state index contributed by atoms with van der Waals surface area (Å²) in [5.74, 6) is 1.36. The van der Waals surface area contributed by atoms with Gasteiger partial charge in [0.25, 0.3) is 5.91 Å². The van der Waals surface area contributed by atoms with Crippen LogP contribution < -0.4 is 9.47 Å². The van der Waals surface area contributed by atoms with Gasteiger partial charge in [0.1, 0.15) is 4.88 Å². The van der Waals surface area contributed by atoms with Gasteiger partial charge in [0.05, 0.1) is 26.5 Å². The SMILES string of the molecule is COc1ccc([C@@H]2CCCN2C(=O)c2cnns2)cc1OC. The number of amides is 1. The molecule has 22 heavy (non-hydrogen) atoms. The fourth-order valence-corrected chi connectivity index (χ4v) is 3.29. The highest BCUT2D eigenvalue weighted by Crippen LogP contribution is 2.37. The van der Waals surface area contributed by atoms with E-state index in [1.165, 1.54) is 6.20 Å². The van der Waals surface area contributed by atoms with Crippen molar-refractivity contribution in [2.24, 2.45) is 0 Å². The average molecular weight is 319 g/mol. The second kappa shape index (κ2) is 6.31. The van der Waals surface area contributed by atoms with Crippen LogP contribution in [0.25, 0.3) is 0 Å². The second-order valence-electron chi connectivity index (χ2n) is 5.05. The Morgan fingerprint density at radius 3 is 2.82 bits per heavy atom. The summed E-state index contributed by atoms with van der Waals surface area (Å²) in [6.07, 6.45) is 3.45. The monoisotopic (exact) mass is 319 g/mol. The van der Waals surface area contributed by atoms with Crippen molar-refractivity contribution >= 4 is 17.4 Å². The molecule has 0 aliphatic carbocycles. The van der Waals surface area contributed by atoms with Gasteiger partial charge in [-0.15, -0.1) is 5.10 Å². The number of likely N-dealkylation sites (tertiary alicyclic amines) is 1. The fourth-order valence-electron chi connectivity index (χ4n) is 2.82. The summed E-state index contributed by atoms with van der Waals surface area (Å²) in [5, 5.41) is 3.75. The van der Waals surface area contributed by atoms with Gasteiger partial charge in [-0.1, -0.05) is 10.6 Å². The molecular formula is C15H17N3O3S. The van der Waals surface area contributed by atoms with E-state index in [4.69, 9.17) is 9.47 Å². The van der Waals surface area contributed by atoms with Crippen molar-refractivity contribution in [2.45, 2.75) is 18.9 Å². The number of hydrogen-bond acceptors (Lipinski definition) is 6. The van der Waals surface area contributed by atoms with Crippen LogP contribution in [-0.2, 0) is 0 Å². The Morgan fingerprint density at radius 1 is 1.32 bits per heavy atom. The molecule has 1 aliphatic rings. The number of nitrogens with zero attached hydrogens (tertiary/aromatic N) is 3. The standard InChI is InChI=1S/C15H17N3O3S/c1-20-12-6-5-10(8-13(12)21-2)11-4-3-7-18(11)15(19)14-9-16-17-22-14/h5-6,8-9,11H,3-4,7H2,1-2H3/t11-/m0/s1. The Balaban J connectivity index is 1.88. The third kappa shape index (κ3) is 2.64. The van der Waals surface area contributed by atoms with Gasteiger partial charge in [-0.25, -0.2) is 0 Å². The number of benzene rings is 1. The molecule has 1 saturated heterocycles. The molecule has 2 aromatic rings. The third-order valence-corrected chi connectivity index (χ3v) is 4.53. The molecule has 1 aromatic heterocycles. The van der Waals surface area contributed by atoms with Gasteiger partial charge in [0, 0.05) is 6.54 Å². The zero-order valence-electron chi connectivity index (χ0n) is 12.5. The maximum absolute atomic E-state index is 12.6. The van der Waals surface area contributed by atoms with E-state index in [0.717, 1.165) is 36.5 Å². The summed E-state index contributed by atoms with van der Waals surface area (Å²) in [6, 6.07) is 5.86. The van der Waals surface area contributed by atoms with E-state index in [1.807, 2.05) is 23.1 Å². The summed E-state index contributed by atoms with van der Waals surface area (Å²) < 4.78 is 14.4. The number of carbonyl (C=O) groups excluding carboxylic acids is 1. The summed E-state index contributed by atoms with van der Waals surface area (Å²) >= 11 is 1.13. The van der Waals surface area contributed by atoms with Crippen LogP contribution in [0.5, 0.6) is 11.5 Å². The highest BCUT2D eigenvalue weighted by atomic mass is 32.1. The van der Waals surface area contributed by atoms with E-state index in [9.17, 15) is 4.79 Å². The van der Waals surface area contributed by atoms with Crippen molar-refractivity contribution in [2.75, 3.05) is 20.8 Å². The zero-order chi connectivity index (χ0) is 15.5. The number of rotatable bonds is 4. The van der Waals surface area contributed by atoms with Gasteiger partial charge >= 0.3 is 0 Å². The van der Waals surface area contributed by atoms with E-state index in [-0.39, 0.29) is 11.9 Å². The minimum Gasteiger partial charge on any atom is -0.493 e. The molecule has 6 nitrogen and oxygen atoms in total. The second-order valence-corrected chi connectivity index (χ2v) is 5.84. The van der Waals surface area contributed by atoms with Crippen molar-refractivity contribution in [3.8, 4) is 11.5 Å². The number of methoxy groups -OCH3 is 2. The summed E-state index contributed by atoms with van der Waals surface area (Å²) in [5.41, 5.74) is 1.06. The number of hydrogen-bond donors (Lipinski definition) is 0. The normalized spacial score (nSPS) is 17.5. The molecule has 2 heterocycles. The molecule has 1 aromatic carbocycles. The van der Waals surface area contributed by atoms with Gasteiger partial charge in [-0.2, -0.15) is 0 Å². The Labute approximate surface area is 132 Å². The van der Waals surface area contributed by atoms with Gasteiger partial charge in [0.2, 0.25) is 0 Å². The fraction of sp³-hybridized carbons (Fsp3) is 0.400. The lowest BCUT2D eigenvalue weighted by Crippen LogP contribution is -2.30. The Bertz CT molecular complexity index is 660. The Kier molecular flexibility index (Phi) is 4.24. The first-order chi connectivity index (χ1) is 10.7. The minimum atomic E-state index is -0.00714. The van der Waals surface area contributed by atoms with Gasteiger partial charge in [-0.05, 0) is 42.1 Å². The van der Waals surface area contributed by atoms with Crippen molar-refractivity contribution in [3.05, 3.63) is 34.8 Å². The predicted molar refractivity (Wildman–Crippen MR) is 82.5 cm³/mol. The maximum atomic E-state index is 12.6. The predicted octanol–water partition coefficient (Wildman–Crippen LogP) is 2.53. The molecule has 0 N–H and O–H groups in total. The Hall–Kier alpha value is -2.15. The molecule has 0 spiro atoms. The molecule has 0 unspecified atom stereocenters. The molecule has 0 bridgehead atoms. The van der Waals surface area contributed by atoms with Crippen LogP contribution in [0.15, 0.2) is 24.4 Å². The van der Waals surface area contributed by atoms with E-state index in [2.05, 4.69) is 9.59 Å². The summed E-state index contributed by atoms with van der Waals surface area (Å²) in [4.78, 5) is 15.0. The lowest BCUT2D eigenvalue weighted by Gasteiger charge is -2.25. The van der Waals surface area contributed by atoms with Crippen LogP contribution in [0, 0.1) is 0 Å². The lowest BCUT2D eigenvalue weighted by molar-refractivity contribution is 0.0740. The highest BCUT2D eigenvalue weighted by molar-refractivity contribution is 7.07. The van der Waals surface area contributed by atoms with E-state index >= 15 is 0 Å². The first-order valence-corrected chi connectivity index (χ1v) is 7.82. The van der Waals surface area contributed by atoms with Crippen molar-refractivity contribution in [1.29, 1.82) is 0 Å². The number of ether oxygens (including phenoxy) is 2. The van der Waals surface area contributed by atoms with Gasteiger partial charge in [0.15, 0.2) is 11.5 Å².